The second kappa shape index (κ2) is 9.16. The van der Waals surface area contributed by atoms with Gasteiger partial charge in [-0.1, -0.05) is 17.7 Å². The molecule has 33 heavy (non-hydrogen) atoms. The molecule has 0 saturated carbocycles. The number of hydrogen-bond acceptors (Lipinski definition) is 5. The molecule has 0 bridgehead atoms. The molecule has 0 aliphatic heterocycles. The molecular formula is C21H18ClF5N2O4. The van der Waals surface area contributed by atoms with Gasteiger partial charge in [-0.2, -0.15) is 13.2 Å². The minimum absolute atomic E-state index is 0.0136. The minimum Gasteiger partial charge on any atom is -0.493 e. The summed E-state index contributed by atoms with van der Waals surface area (Å²) in [6.45, 7) is -1.26. The van der Waals surface area contributed by atoms with Crippen molar-refractivity contribution >= 4 is 28.2 Å². The van der Waals surface area contributed by atoms with Crippen LogP contribution in [0, 0.1) is 11.6 Å². The van der Waals surface area contributed by atoms with E-state index in [2.05, 4.69) is 15.0 Å². The number of H-pyrrole nitrogens is 1. The SMILES string of the molecule is COCC(O)(C(Nc1cc(F)cc2[nH]c(=O)ccc12)c1ccc(Cl)c(F)c1OC)C(F)(F)F. The summed E-state index contributed by atoms with van der Waals surface area (Å²) < 4.78 is 80.9. The molecule has 178 valence electrons. The normalized spacial score (nSPS) is 14.7. The summed E-state index contributed by atoms with van der Waals surface area (Å²) in [5.74, 6) is -2.70. The number of aromatic amines is 1. The Morgan fingerprint density at radius 2 is 1.85 bits per heavy atom. The van der Waals surface area contributed by atoms with Gasteiger partial charge < -0.3 is 24.9 Å². The Labute approximate surface area is 188 Å². The van der Waals surface area contributed by atoms with Crippen molar-refractivity contribution < 1.29 is 36.5 Å². The molecule has 0 saturated heterocycles. The van der Waals surface area contributed by atoms with E-state index in [1.54, 1.807) is 0 Å². The van der Waals surface area contributed by atoms with E-state index in [4.69, 9.17) is 16.3 Å². The summed E-state index contributed by atoms with van der Waals surface area (Å²) in [6, 6.07) is 4.08. The Morgan fingerprint density at radius 3 is 2.45 bits per heavy atom. The number of alkyl halides is 3. The zero-order valence-corrected chi connectivity index (χ0v) is 17.9. The predicted molar refractivity (Wildman–Crippen MR) is 112 cm³/mol. The number of halogens is 6. The van der Waals surface area contributed by atoms with E-state index in [-0.39, 0.29) is 16.6 Å². The molecule has 1 aromatic heterocycles. The highest BCUT2D eigenvalue weighted by Crippen LogP contribution is 2.46. The lowest BCUT2D eigenvalue weighted by Gasteiger charge is -2.39. The summed E-state index contributed by atoms with van der Waals surface area (Å²) in [5, 5.41) is 13.0. The van der Waals surface area contributed by atoms with Crippen LogP contribution in [-0.4, -0.2) is 42.7 Å². The van der Waals surface area contributed by atoms with Gasteiger partial charge in [0.25, 0.3) is 0 Å². The summed E-state index contributed by atoms with van der Waals surface area (Å²) in [4.78, 5) is 14.0. The van der Waals surface area contributed by atoms with Crippen LogP contribution in [0.3, 0.4) is 0 Å². The third-order valence-electron chi connectivity index (χ3n) is 5.03. The fourth-order valence-electron chi connectivity index (χ4n) is 3.49. The van der Waals surface area contributed by atoms with E-state index in [9.17, 15) is 31.9 Å². The first-order valence-electron chi connectivity index (χ1n) is 9.32. The Morgan fingerprint density at radius 1 is 1.15 bits per heavy atom. The monoisotopic (exact) mass is 492 g/mol. The number of ether oxygens (including phenoxy) is 2. The molecule has 2 atom stereocenters. The molecule has 0 aliphatic carbocycles. The quantitative estimate of drug-likeness (QED) is 0.421. The van der Waals surface area contributed by atoms with Crippen molar-refractivity contribution in [2.45, 2.75) is 17.8 Å². The van der Waals surface area contributed by atoms with Crippen LogP contribution >= 0.6 is 11.6 Å². The number of aliphatic hydroxyl groups is 1. The van der Waals surface area contributed by atoms with Gasteiger partial charge in [0.05, 0.1) is 30.3 Å². The molecule has 0 spiro atoms. The van der Waals surface area contributed by atoms with Crippen molar-refractivity contribution in [3.8, 4) is 5.75 Å². The molecule has 3 rings (SSSR count). The van der Waals surface area contributed by atoms with Crippen LogP contribution < -0.4 is 15.6 Å². The van der Waals surface area contributed by atoms with Gasteiger partial charge in [0, 0.05) is 29.8 Å². The van der Waals surface area contributed by atoms with Crippen LogP contribution in [0.4, 0.5) is 27.6 Å². The molecule has 3 N–H and O–H groups in total. The van der Waals surface area contributed by atoms with E-state index < -0.39 is 58.0 Å². The van der Waals surface area contributed by atoms with Crippen molar-refractivity contribution in [1.29, 1.82) is 0 Å². The van der Waals surface area contributed by atoms with Gasteiger partial charge in [0.2, 0.25) is 11.2 Å². The maximum Gasteiger partial charge on any atom is 0.421 e. The number of anilines is 1. The molecule has 2 aromatic carbocycles. The first kappa shape index (κ1) is 24.7. The summed E-state index contributed by atoms with van der Waals surface area (Å²) >= 11 is 5.74. The molecular weight excluding hydrogens is 475 g/mol. The molecule has 3 aromatic rings. The Hall–Kier alpha value is -2.89. The third kappa shape index (κ3) is 4.61. The number of rotatable bonds is 7. The number of nitrogens with one attached hydrogen (secondary N) is 2. The van der Waals surface area contributed by atoms with Crippen molar-refractivity contribution in [3.05, 3.63) is 69.0 Å². The van der Waals surface area contributed by atoms with Gasteiger partial charge in [-0.3, -0.25) is 4.79 Å². The highest BCUT2D eigenvalue weighted by atomic mass is 35.5. The topological polar surface area (TPSA) is 83.6 Å². The lowest BCUT2D eigenvalue weighted by atomic mass is 9.87. The summed E-state index contributed by atoms with van der Waals surface area (Å²) in [6.07, 6.45) is -5.29. The minimum atomic E-state index is -5.29. The van der Waals surface area contributed by atoms with Crippen LogP contribution in [0.25, 0.3) is 10.9 Å². The zero-order valence-electron chi connectivity index (χ0n) is 17.2. The van der Waals surface area contributed by atoms with Crippen LogP contribution in [0.1, 0.15) is 11.6 Å². The van der Waals surface area contributed by atoms with E-state index in [0.717, 1.165) is 44.6 Å². The maximum atomic E-state index is 14.6. The highest BCUT2D eigenvalue weighted by Gasteiger charge is 2.60. The van der Waals surface area contributed by atoms with Crippen molar-refractivity contribution in [2.75, 3.05) is 26.1 Å². The number of benzene rings is 2. The predicted octanol–water partition coefficient (Wildman–Crippen LogP) is 4.56. The second-order valence-corrected chi connectivity index (χ2v) is 7.56. The lowest BCUT2D eigenvalue weighted by Crippen LogP contribution is -2.56. The zero-order chi connectivity index (χ0) is 24.6. The number of fused-ring (bicyclic) bond motifs is 1. The Bertz CT molecular complexity index is 1230. The average molecular weight is 493 g/mol. The second-order valence-electron chi connectivity index (χ2n) is 7.15. The van der Waals surface area contributed by atoms with Crippen molar-refractivity contribution in [2.24, 2.45) is 0 Å². The fraction of sp³-hybridized carbons (Fsp3) is 0.286. The molecule has 0 fully saturated rings. The van der Waals surface area contributed by atoms with Gasteiger partial charge in [0.1, 0.15) is 5.82 Å². The first-order valence-corrected chi connectivity index (χ1v) is 9.69. The number of hydrogen-bond donors (Lipinski definition) is 3. The number of methoxy groups -OCH3 is 2. The van der Waals surface area contributed by atoms with Crippen molar-refractivity contribution in [1.82, 2.24) is 4.98 Å². The standard InChI is InChI=1S/C21H18ClF5N2O4/c1-32-9-20(31,21(25,26)27)19(12-3-5-13(22)17(24)18(12)33-2)29-15-8-10(23)7-14-11(15)4-6-16(30)28-14/h3-8,19,29,31H,9H2,1-2H3,(H,28,30). The first-order chi connectivity index (χ1) is 15.4. The highest BCUT2D eigenvalue weighted by molar-refractivity contribution is 6.30. The van der Waals surface area contributed by atoms with Gasteiger partial charge >= 0.3 is 6.18 Å². The number of aromatic nitrogens is 1. The summed E-state index contributed by atoms with van der Waals surface area (Å²) in [7, 11) is 1.95. The van der Waals surface area contributed by atoms with Crippen LogP contribution in [0.15, 0.2) is 41.2 Å². The average Bonchev–Trinajstić information content (AvgIpc) is 2.72. The molecule has 0 amide bonds. The van der Waals surface area contributed by atoms with Gasteiger partial charge in [-0.15, -0.1) is 0 Å². The van der Waals surface area contributed by atoms with Crippen molar-refractivity contribution in [3.63, 3.8) is 0 Å². The van der Waals surface area contributed by atoms with Gasteiger partial charge in [-0.05, 0) is 24.3 Å². The number of pyridine rings is 1. The Balaban J connectivity index is 2.31. The molecule has 0 radical (unpaired) electrons. The van der Waals surface area contributed by atoms with Gasteiger partial charge in [0.15, 0.2) is 11.6 Å². The molecule has 12 heteroatoms. The molecule has 0 aliphatic rings. The largest absolute Gasteiger partial charge is 0.493 e. The molecule has 2 unspecified atom stereocenters. The molecule has 1 heterocycles. The smallest absolute Gasteiger partial charge is 0.421 e. The van der Waals surface area contributed by atoms with Crippen LogP contribution in [-0.2, 0) is 4.74 Å². The lowest BCUT2D eigenvalue weighted by molar-refractivity contribution is -0.279. The fourth-order valence-corrected chi connectivity index (χ4v) is 3.64. The maximum absolute atomic E-state index is 14.6. The van der Waals surface area contributed by atoms with E-state index in [1.807, 2.05) is 0 Å². The van der Waals surface area contributed by atoms with Crippen LogP contribution in [0.5, 0.6) is 5.75 Å². The summed E-state index contributed by atoms with van der Waals surface area (Å²) in [5.41, 5.74) is -4.89. The van der Waals surface area contributed by atoms with Gasteiger partial charge in [-0.25, -0.2) is 8.78 Å². The van der Waals surface area contributed by atoms with E-state index in [1.165, 1.54) is 6.07 Å². The van der Waals surface area contributed by atoms with E-state index in [0.29, 0.717) is 0 Å². The van der Waals surface area contributed by atoms with E-state index >= 15 is 0 Å². The van der Waals surface area contributed by atoms with Crippen LogP contribution in [0.2, 0.25) is 5.02 Å². The third-order valence-corrected chi connectivity index (χ3v) is 5.32. The Kier molecular flexibility index (Phi) is 6.87. The molecule has 6 nitrogen and oxygen atoms in total.